The lowest BCUT2D eigenvalue weighted by molar-refractivity contribution is -0.143. The molecule has 4 rings (SSSR count). The van der Waals surface area contributed by atoms with Gasteiger partial charge in [-0.25, -0.2) is 4.68 Å². The predicted molar refractivity (Wildman–Crippen MR) is 106 cm³/mol. The van der Waals surface area contributed by atoms with E-state index in [-0.39, 0.29) is 18.0 Å². The molecule has 29 heavy (non-hydrogen) atoms. The first-order chi connectivity index (χ1) is 13.4. The van der Waals surface area contributed by atoms with E-state index in [2.05, 4.69) is 10.4 Å². The van der Waals surface area contributed by atoms with Gasteiger partial charge in [0.2, 0.25) is 0 Å². The van der Waals surface area contributed by atoms with Crippen LogP contribution in [0.2, 0.25) is 0 Å². The van der Waals surface area contributed by atoms with Gasteiger partial charge in [-0.05, 0) is 56.3 Å². The monoisotopic (exact) mass is 428 g/mol. The lowest BCUT2D eigenvalue weighted by atomic mass is 9.92. The third kappa shape index (κ3) is 4.14. The van der Waals surface area contributed by atoms with Crippen molar-refractivity contribution in [2.45, 2.75) is 25.9 Å². The second-order valence-electron chi connectivity index (χ2n) is 7.65. The molecule has 0 radical (unpaired) electrons. The number of hydrogen-bond donors (Lipinski definition) is 1. The number of amides is 1. The number of carbonyl (C=O) groups excluding carboxylic acids is 1. The van der Waals surface area contributed by atoms with E-state index in [0.29, 0.717) is 36.2 Å². The standard InChI is InChI=1S/C20H23F3N4O.ClH/c1-13-4-2-3-5-17(13)27-18(20(21,22)23)16(12-25-27)19(28)26-8-6-14-10-24-11-15(14)7-9-26;/h2-5,12,14-15,24H,6-11H2,1H3;1H/t14-,15+;. The number of rotatable bonds is 2. The van der Waals surface area contributed by atoms with Crippen molar-refractivity contribution in [3.8, 4) is 5.69 Å². The molecule has 0 bridgehead atoms. The molecule has 0 unspecified atom stereocenters. The zero-order chi connectivity index (χ0) is 19.9. The van der Waals surface area contributed by atoms with Gasteiger partial charge in [0.15, 0.2) is 5.69 Å². The third-order valence-corrected chi connectivity index (χ3v) is 5.92. The Balaban J connectivity index is 0.00000240. The number of hydrogen-bond acceptors (Lipinski definition) is 3. The number of benzene rings is 1. The lowest BCUT2D eigenvalue weighted by Gasteiger charge is -2.22. The van der Waals surface area contributed by atoms with Crippen molar-refractivity contribution in [3.63, 3.8) is 0 Å². The van der Waals surface area contributed by atoms with Crippen molar-refractivity contribution in [3.05, 3.63) is 47.3 Å². The number of carbonyl (C=O) groups is 1. The van der Waals surface area contributed by atoms with Crippen LogP contribution in [0.1, 0.15) is 34.5 Å². The van der Waals surface area contributed by atoms with E-state index in [1.165, 1.54) is 0 Å². The molecule has 1 N–H and O–H groups in total. The first-order valence-electron chi connectivity index (χ1n) is 9.57. The molecule has 1 aromatic carbocycles. The summed E-state index contributed by atoms with van der Waals surface area (Å²) < 4.78 is 42.6. The zero-order valence-electron chi connectivity index (χ0n) is 16.1. The van der Waals surface area contributed by atoms with E-state index < -0.39 is 17.8 Å². The lowest BCUT2D eigenvalue weighted by Crippen LogP contribution is -2.34. The Morgan fingerprint density at radius 3 is 2.34 bits per heavy atom. The van der Waals surface area contributed by atoms with Crippen molar-refractivity contribution in [1.82, 2.24) is 20.0 Å². The maximum atomic E-state index is 13.9. The number of aryl methyl sites for hydroxylation is 1. The van der Waals surface area contributed by atoms with E-state index in [1.54, 1.807) is 36.1 Å². The Kier molecular flexibility index (Phi) is 6.24. The summed E-state index contributed by atoms with van der Waals surface area (Å²) >= 11 is 0. The minimum absolute atomic E-state index is 0. The molecule has 1 aromatic heterocycles. The normalized spacial score (nSPS) is 22.0. The number of halogens is 4. The van der Waals surface area contributed by atoms with Crippen LogP contribution in [-0.2, 0) is 6.18 Å². The summed E-state index contributed by atoms with van der Waals surface area (Å²) in [4.78, 5) is 14.6. The van der Waals surface area contributed by atoms with Crippen LogP contribution in [0.25, 0.3) is 5.69 Å². The van der Waals surface area contributed by atoms with Crippen molar-refractivity contribution in [1.29, 1.82) is 0 Å². The number of nitrogens with zero attached hydrogens (tertiary/aromatic N) is 3. The third-order valence-electron chi connectivity index (χ3n) is 5.92. The molecule has 5 nitrogen and oxygen atoms in total. The molecule has 2 aromatic rings. The van der Waals surface area contributed by atoms with Crippen molar-refractivity contribution in [2.24, 2.45) is 11.8 Å². The van der Waals surface area contributed by atoms with Crippen LogP contribution in [0.15, 0.2) is 30.5 Å². The van der Waals surface area contributed by atoms with Crippen molar-refractivity contribution in [2.75, 3.05) is 26.2 Å². The summed E-state index contributed by atoms with van der Waals surface area (Å²) in [5.74, 6) is 0.407. The largest absolute Gasteiger partial charge is 0.434 e. The Labute approximate surface area is 173 Å². The summed E-state index contributed by atoms with van der Waals surface area (Å²) in [6.07, 6.45) is -1.99. The van der Waals surface area contributed by atoms with Gasteiger partial charge in [-0.15, -0.1) is 12.4 Å². The maximum Gasteiger partial charge on any atom is 0.434 e. The van der Waals surface area contributed by atoms with E-state index in [9.17, 15) is 18.0 Å². The Morgan fingerprint density at radius 1 is 1.14 bits per heavy atom. The van der Waals surface area contributed by atoms with Gasteiger partial charge in [-0.3, -0.25) is 4.79 Å². The number of aromatic nitrogens is 2. The molecule has 0 saturated carbocycles. The van der Waals surface area contributed by atoms with Crippen LogP contribution in [0, 0.1) is 18.8 Å². The molecular formula is C20H24ClF3N4O. The average Bonchev–Trinajstić information content (AvgIpc) is 3.24. The Bertz CT molecular complexity index is 869. The van der Waals surface area contributed by atoms with E-state index >= 15 is 0 Å². The summed E-state index contributed by atoms with van der Waals surface area (Å²) in [6.45, 7) is 4.53. The van der Waals surface area contributed by atoms with E-state index in [4.69, 9.17) is 0 Å². The molecule has 158 valence electrons. The number of para-hydroxylation sites is 1. The fourth-order valence-electron chi connectivity index (χ4n) is 4.35. The molecule has 9 heteroatoms. The van der Waals surface area contributed by atoms with Crippen LogP contribution in [-0.4, -0.2) is 46.8 Å². The van der Waals surface area contributed by atoms with Gasteiger partial charge in [0, 0.05) is 13.1 Å². The van der Waals surface area contributed by atoms with Crippen LogP contribution in [0.3, 0.4) is 0 Å². The molecule has 0 aliphatic carbocycles. The molecule has 3 heterocycles. The smallest absolute Gasteiger partial charge is 0.339 e. The first-order valence-corrected chi connectivity index (χ1v) is 9.57. The fourth-order valence-corrected chi connectivity index (χ4v) is 4.35. The van der Waals surface area contributed by atoms with Gasteiger partial charge in [0.05, 0.1) is 17.4 Å². The van der Waals surface area contributed by atoms with Crippen molar-refractivity contribution >= 4 is 18.3 Å². The zero-order valence-corrected chi connectivity index (χ0v) is 16.9. The molecule has 0 spiro atoms. The molecule has 2 aliphatic heterocycles. The summed E-state index contributed by atoms with van der Waals surface area (Å²) in [6, 6.07) is 6.71. The van der Waals surface area contributed by atoms with E-state index in [0.717, 1.165) is 36.8 Å². The first kappa shape index (κ1) is 21.6. The van der Waals surface area contributed by atoms with Gasteiger partial charge in [-0.1, -0.05) is 18.2 Å². The highest BCUT2D eigenvalue weighted by atomic mass is 35.5. The number of nitrogens with one attached hydrogen (secondary N) is 1. The Hall–Kier alpha value is -2.06. The topological polar surface area (TPSA) is 50.2 Å². The van der Waals surface area contributed by atoms with Gasteiger partial charge in [0.1, 0.15) is 0 Å². The maximum absolute atomic E-state index is 13.9. The van der Waals surface area contributed by atoms with Crippen LogP contribution in [0.5, 0.6) is 0 Å². The van der Waals surface area contributed by atoms with Gasteiger partial charge in [0.25, 0.3) is 5.91 Å². The van der Waals surface area contributed by atoms with Crippen LogP contribution in [0.4, 0.5) is 13.2 Å². The number of fused-ring (bicyclic) bond motifs is 1. The van der Waals surface area contributed by atoms with Crippen LogP contribution < -0.4 is 5.32 Å². The van der Waals surface area contributed by atoms with Crippen LogP contribution >= 0.6 is 12.4 Å². The second-order valence-corrected chi connectivity index (χ2v) is 7.65. The second kappa shape index (κ2) is 8.36. The average molecular weight is 429 g/mol. The molecule has 1 amide bonds. The fraction of sp³-hybridized carbons (Fsp3) is 0.500. The predicted octanol–water partition coefficient (Wildman–Crippen LogP) is 3.69. The van der Waals surface area contributed by atoms with Gasteiger partial charge < -0.3 is 10.2 Å². The highest BCUT2D eigenvalue weighted by Crippen LogP contribution is 2.35. The quantitative estimate of drug-likeness (QED) is 0.793. The Morgan fingerprint density at radius 2 is 1.76 bits per heavy atom. The van der Waals surface area contributed by atoms with E-state index in [1.807, 2.05) is 0 Å². The SMILES string of the molecule is Cc1ccccc1-n1ncc(C(=O)N2CC[C@@H]3CNC[C@@H]3CC2)c1C(F)(F)F.Cl. The molecule has 2 fully saturated rings. The molecule has 2 aliphatic rings. The minimum Gasteiger partial charge on any atom is -0.339 e. The highest BCUT2D eigenvalue weighted by Gasteiger charge is 2.42. The van der Waals surface area contributed by atoms with Gasteiger partial charge in [-0.2, -0.15) is 18.3 Å². The van der Waals surface area contributed by atoms with Crippen molar-refractivity contribution < 1.29 is 18.0 Å². The molecular weight excluding hydrogens is 405 g/mol. The summed E-state index contributed by atoms with van der Waals surface area (Å²) in [5, 5.41) is 7.31. The minimum atomic E-state index is -4.68. The number of alkyl halides is 3. The summed E-state index contributed by atoms with van der Waals surface area (Å²) in [7, 11) is 0. The highest BCUT2D eigenvalue weighted by molar-refractivity contribution is 5.95. The summed E-state index contributed by atoms with van der Waals surface area (Å²) in [5.41, 5.74) is -0.394. The molecule has 2 atom stereocenters. The number of likely N-dealkylation sites (tertiary alicyclic amines) is 1. The molecule has 2 saturated heterocycles. The van der Waals surface area contributed by atoms with Gasteiger partial charge >= 0.3 is 6.18 Å².